The molecule has 2 aromatic heterocycles. The van der Waals surface area contributed by atoms with E-state index in [0.717, 1.165) is 16.0 Å². The van der Waals surface area contributed by atoms with E-state index in [4.69, 9.17) is 4.98 Å². The first-order valence-electron chi connectivity index (χ1n) is 10.2. The van der Waals surface area contributed by atoms with Gasteiger partial charge >= 0.3 is 0 Å². The molecule has 0 saturated carbocycles. The molecule has 0 aliphatic carbocycles. The van der Waals surface area contributed by atoms with Crippen LogP contribution >= 0.6 is 23.1 Å². The number of para-hydroxylation sites is 1. The highest BCUT2D eigenvalue weighted by molar-refractivity contribution is 8.00. The van der Waals surface area contributed by atoms with E-state index in [1.165, 1.54) is 35.2 Å². The minimum atomic E-state index is -0.424. The fourth-order valence-corrected chi connectivity index (χ4v) is 5.56. The summed E-state index contributed by atoms with van der Waals surface area (Å²) in [5.74, 6) is -0.440. The van der Waals surface area contributed by atoms with Crippen LogP contribution in [0.3, 0.4) is 0 Å². The van der Waals surface area contributed by atoms with E-state index in [1.807, 2.05) is 44.2 Å². The number of fused-ring (bicyclic) bond motifs is 1. The van der Waals surface area contributed by atoms with Gasteiger partial charge < -0.3 is 5.32 Å². The molecule has 4 rings (SSSR count). The molecule has 0 aliphatic heterocycles. The van der Waals surface area contributed by atoms with Crippen molar-refractivity contribution in [2.75, 3.05) is 6.54 Å². The highest BCUT2D eigenvalue weighted by Crippen LogP contribution is 2.37. The number of aromatic nitrogens is 2. The van der Waals surface area contributed by atoms with Crippen molar-refractivity contribution in [3.63, 3.8) is 0 Å². The van der Waals surface area contributed by atoms with Gasteiger partial charge in [0.25, 0.3) is 5.56 Å². The Balaban J connectivity index is 1.96. The summed E-state index contributed by atoms with van der Waals surface area (Å²) < 4.78 is 15.0. The van der Waals surface area contributed by atoms with Gasteiger partial charge in [0.05, 0.1) is 16.3 Å². The van der Waals surface area contributed by atoms with E-state index in [9.17, 15) is 14.0 Å². The molecule has 5 nitrogen and oxygen atoms in total. The Morgan fingerprint density at radius 3 is 2.53 bits per heavy atom. The number of carbonyl (C=O) groups is 1. The third-order valence-electron chi connectivity index (χ3n) is 5.02. The number of thiophene rings is 1. The standard InChI is InChI=1S/C24H22FN3O2S2/c1-4-26-21(29)15(3)32-24-27-22-20(23(30)28(24)18-8-6-5-7-9-18)19(14(2)31-22)16-10-12-17(25)13-11-16/h5-13,15H,4H2,1-3H3,(H,26,29). The molecule has 0 spiro atoms. The van der Waals surface area contributed by atoms with Crippen molar-refractivity contribution < 1.29 is 9.18 Å². The van der Waals surface area contributed by atoms with Crippen LogP contribution in [-0.2, 0) is 4.79 Å². The molecule has 2 aromatic carbocycles. The number of halogens is 1. The van der Waals surface area contributed by atoms with Crippen LogP contribution in [0.1, 0.15) is 18.7 Å². The van der Waals surface area contributed by atoms with E-state index in [0.29, 0.717) is 27.6 Å². The van der Waals surface area contributed by atoms with Gasteiger partial charge in [0, 0.05) is 17.0 Å². The summed E-state index contributed by atoms with van der Waals surface area (Å²) in [6, 6.07) is 15.4. The average molecular weight is 468 g/mol. The summed E-state index contributed by atoms with van der Waals surface area (Å²) in [6.07, 6.45) is 0. The SMILES string of the molecule is CCNC(=O)C(C)Sc1nc2sc(C)c(-c3ccc(F)cc3)c2c(=O)n1-c1ccccc1. The van der Waals surface area contributed by atoms with Crippen LogP contribution in [0.4, 0.5) is 4.39 Å². The van der Waals surface area contributed by atoms with Crippen LogP contribution in [0.5, 0.6) is 0 Å². The first-order valence-corrected chi connectivity index (χ1v) is 11.9. The van der Waals surface area contributed by atoms with E-state index in [2.05, 4.69) is 5.32 Å². The maximum Gasteiger partial charge on any atom is 0.268 e. The second kappa shape index (κ2) is 9.26. The summed E-state index contributed by atoms with van der Waals surface area (Å²) in [6.45, 7) is 6.13. The lowest BCUT2D eigenvalue weighted by Gasteiger charge is -2.15. The minimum Gasteiger partial charge on any atom is -0.355 e. The molecular formula is C24H22FN3O2S2. The molecule has 0 saturated heterocycles. The molecule has 0 aliphatic rings. The molecule has 32 heavy (non-hydrogen) atoms. The molecule has 1 atom stereocenters. The number of hydrogen-bond donors (Lipinski definition) is 1. The Morgan fingerprint density at radius 2 is 1.88 bits per heavy atom. The number of amides is 1. The van der Waals surface area contributed by atoms with Gasteiger partial charge in [0.15, 0.2) is 5.16 Å². The molecule has 1 N–H and O–H groups in total. The number of aryl methyl sites for hydroxylation is 1. The normalized spacial score (nSPS) is 12.1. The molecular weight excluding hydrogens is 445 g/mol. The maximum atomic E-state index is 13.8. The van der Waals surface area contributed by atoms with Crippen LogP contribution in [0.25, 0.3) is 27.0 Å². The maximum absolute atomic E-state index is 13.8. The fraction of sp³-hybridized carbons (Fsp3) is 0.208. The van der Waals surface area contributed by atoms with Crippen LogP contribution in [-0.4, -0.2) is 27.3 Å². The van der Waals surface area contributed by atoms with Crippen molar-refractivity contribution in [3.05, 3.63) is 75.6 Å². The van der Waals surface area contributed by atoms with Crippen LogP contribution in [0, 0.1) is 12.7 Å². The number of nitrogens with one attached hydrogen (secondary N) is 1. The van der Waals surface area contributed by atoms with Gasteiger partial charge in [-0.1, -0.05) is 42.1 Å². The molecule has 2 heterocycles. The zero-order valence-corrected chi connectivity index (χ0v) is 19.5. The van der Waals surface area contributed by atoms with Gasteiger partial charge in [-0.25, -0.2) is 9.37 Å². The highest BCUT2D eigenvalue weighted by Gasteiger charge is 2.23. The number of nitrogens with zero attached hydrogens (tertiary/aromatic N) is 2. The molecule has 164 valence electrons. The van der Waals surface area contributed by atoms with Crippen molar-refractivity contribution >= 4 is 39.2 Å². The first-order chi connectivity index (χ1) is 15.4. The lowest BCUT2D eigenvalue weighted by molar-refractivity contribution is -0.120. The lowest BCUT2D eigenvalue weighted by atomic mass is 10.0. The first kappa shape index (κ1) is 22.2. The van der Waals surface area contributed by atoms with E-state index in [-0.39, 0.29) is 17.3 Å². The Kier molecular flexibility index (Phi) is 6.43. The predicted molar refractivity (Wildman–Crippen MR) is 129 cm³/mol. The summed E-state index contributed by atoms with van der Waals surface area (Å²) in [5, 5.41) is 3.34. The predicted octanol–water partition coefficient (Wildman–Crippen LogP) is 5.18. The second-order valence-electron chi connectivity index (χ2n) is 7.25. The third-order valence-corrected chi connectivity index (χ3v) is 7.07. The van der Waals surface area contributed by atoms with Gasteiger partial charge in [0.1, 0.15) is 10.6 Å². The zero-order valence-electron chi connectivity index (χ0n) is 17.9. The number of rotatable bonds is 6. The summed E-state index contributed by atoms with van der Waals surface area (Å²) in [5.41, 5.74) is 1.99. The smallest absolute Gasteiger partial charge is 0.268 e. The minimum absolute atomic E-state index is 0.110. The van der Waals surface area contributed by atoms with Crippen molar-refractivity contribution in [1.29, 1.82) is 0 Å². The van der Waals surface area contributed by atoms with Crippen LogP contribution in [0.2, 0.25) is 0 Å². The van der Waals surface area contributed by atoms with Crippen molar-refractivity contribution in [1.82, 2.24) is 14.9 Å². The van der Waals surface area contributed by atoms with Crippen LogP contribution in [0.15, 0.2) is 64.5 Å². The van der Waals surface area contributed by atoms with Crippen molar-refractivity contribution in [3.8, 4) is 16.8 Å². The molecule has 8 heteroatoms. The molecule has 0 radical (unpaired) electrons. The third kappa shape index (κ3) is 4.20. The summed E-state index contributed by atoms with van der Waals surface area (Å²) in [4.78, 5) is 32.5. The quantitative estimate of drug-likeness (QED) is 0.314. The van der Waals surface area contributed by atoms with E-state index < -0.39 is 5.25 Å². The largest absolute Gasteiger partial charge is 0.355 e. The number of thioether (sulfide) groups is 1. The van der Waals surface area contributed by atoms with Crippen molar-refractivity contribution in [2.24, 2.45) is 0 Å². The van der Waals surface area contributed by atoms with E-state index >= 15 is 0 Å². The number of benzene rings is 2. The Bertz CT molecular complexity index is 1330. The molecule has 0 fully saturated rings. The molecule has 0 bridgehead atoms. The monoisotopic (exact) mass is 467 g/mol. The number of carbonyl (C=O) groups excluding carboxylic acids is 1. The fourth-order valence-electron chi connectivity index (χ4n) is 3.52. The van der Waals surface area contributed by atoms with Gasteiger partial charge in [0.2, 0.25) is 5.91 Å². The van der Waals surface area contributed by atoms with Gasteiger partial charge in [-0.05, 0) is 50.6 Å². The van der Waals surface area contributed by atoms with Gasteiger partial charge in [-0.3, -0.25) is 14.2 Å². The highest BCUT2D eigenvalue weighted by atomic mass is 32.2. The number of hydrogen-bond acceptors (Lipinski definition) is 5. The average Bonchev–Trinajstić information content (AvgIpc) is 3.11. The van der Waals surface area contributed by atoms with E-state index in [1.54, 1.807) is 23.6 Å². The zero-order chi connectivity index (χ0) is 22.8. The molecule has 1 amide bonds. The lowest BCUT2D eigenvalue weighted by Crippen LogP contribution is -2.31. The topological polar surface area (TPSA) is 64.0 Å². The Morgan fingerprint density at radius 1 is 1.19 bits per heavy atom. The Hall–Kier alpha value is -2.97. The van der Waals surface area contributed by atoms with Crippen LogP contribution < -0.4 is 10.9 Å². The second-order valence-corrected chi connectivity index (χ2v) is 9.76. The summed E-state index contributed by atoms with van der Waals surface area (Å²) >= 11 is 2.68. The molecule has 1 unspecified atom stereocenters. The summed E-state index contributed by atoms with van der Waals surface area (Å²) in [7, 11) is 0. The molecule has 4 aromatic rings. The van der Waals surface area contributed by atoms with Gasteiger partial charge in [-0.2, -0.15) is 0 Å². The van der Waals surface area contributed by atoms with Gasteiger partial charge in [-0.15, -0.1) is 11.3 Å². The van der Waals surface area contributed by atoms with Crippen molar-refractivity contribution in [2.45, 2.75) is 31.2 Å². The Labute approximate surface area is 193 Å².